The van der Waals surface area contributed by atoms with Gasteiger partial charge in [0.25, 0.3) is 10.0 Å². The summed E-state index contributed by atoms with van der Waals surface area (Å²) in [6.07, 6.45) is 0. The van der Waals surface area contributed by atoms with Crippen LogP contribution in [0.3, 0.4) is 0 Å². The summed E-state index contributed by atoms with van der Waals surface area (Å²) in [7, 11) is -2.27. The normalized spacial score (nSPS) is 11.6. The first kappa shape index (κ1) is 15.9. The highest BCUT2D eigenvalue weighted by molar-refractivity contribution is 7.94. The largest absolute Gasteiger partial charge is 0.315 e. The van der Waals surface area contributed by atoms with E-state index in [0.29, 0.717) is 6.54 Å². The summed E-state index contributed by atoms with van der Waals surface area (Å²) in [6.45, 7) is 1.95. The van der Waals surface area contributed by atoms with Gasteiger partial charge in [-0.25, -0.2) is 17.2 Å². The Morgan fingerprint density at radius 2 is 1.90 bits per heavy atom. The molecule has 0 saturated carbocycles. The van der Waals surface area contributed by atoms with E-state index in [0.717, 1.165) is 22.3 Å². The predicted molar refractivity (Wildman–Crippen MR) is 79.0 cm³/mol. The molecule has 0 amide bonds. The van der Waals surface area contributed by atoms with Crippen molar-refractivity contribution in [1.29, 1.82) is 0 Å². The molecule has 114 valence electrons. The molecule has 8 heteroatoms. The quantitative estimate of drug-likeness (QED) is 0.885. The lowest BCUT2D eigenvalue weighted by Gasteiger charge is -2.09. The van der Waals surface area contributed by atoms with Crippen molar-refractivity contribution in [3.63, 3.8) is 0 Å². The van der Waals surface area contributed by atoms with Crippen LogP contribution in [0.25, 0.3) is 0 Å². The van der Waals surface area contributed by atoms with Gasteiger partial charge in [-0.1, -0.05) is 6.07 Å². The van der Waals surface area contributed by atoms with Crippen LogP contribution in [0.2, 0.25) is 0 Å². The van der Waals surface area contributed by atoms with Crippen LogP contribution in [0.4, 0.5) is 14.5 Å². The Morgan fingerprint density at radius 3 is 2.57 bits per heavy atom. The van der Waals surface area contributed by atoms with E-state index >= 15 is 0 Å². The van der Waals surface area contributed by atoms with Crippen LogP contribution in [-0.2, 0) is 16.6 Å². The van der Waals surface area contributed by atoms with Crippen molar-refractivity contribution >= 4 is 27.0 Å². The molecule has 1 aromatic carbocycles. The number of rotatable bonds is 5. The average molecular weight is 332 g/mol. The fourth-order valence-electron chi connectivity index (χ4n) is 1.71. The molecule has 1 heterocycles. The first-order valence-electron chi connectivity index (χ1n) is 6.06. The summed E-state index contributed by atoms with van der Waals surface area (Å²) >= 11 is 1.04. The van der Waals surface area contributed by atoms with Gasteiger partial charge < -0.3 is 5.32 Å². The van der Waals surface area contributed by atoms with E-state index < -0.39 is 27.3 Å². The summed E-state index contributed by atoms with van der Waals surface area (Å²) in [4.78, 5) is 0.808. The zero-order valence-electron chi connectivity index (χ0n) is 11.4. The van der Waals surface area contributed by atoms with Crippen LogP contribution in [0.1, 0.15) is 10.4 Å². The van der Waals surface area contributed by atoms with E-state index in [4.69, 9.17) is 0 Å². The SMILES string of the molecule is CNCc1ccc(S(=O)(=O)Nc2c(F)ccc(C)c2F)s1. The van der Waals surface area contributed by atoms with Crippen molar-refractivity contribution in [3.8, 4) is 0 Å². The van der Waals surface area contributed by atoms with Crippen molar-refractivity contribution < 1.29 is 17.2 Å². The van der Waals surface area contributed by atoms with Gasteiger partial charge in [0.2, 0.25) is 0 Å². The Balaban J connectivity index is 2.35. The summed E-state index contributed by atoms with van der Waals surface area (Å²) < 4.78 is 53.8. The zero-order chi connectivity index (χ0) is 15.6. The summed E-state index contributed by atoms with van der Waals surface area (Å²) in [5.41, 5.74) is -0.491. The summed E-state index contributed by atoms with van der Waals surface area (Å²) in [6, 6.07) is 5.33. The van der Waals surface area contributed by atoms with Gasteiger partial charge in [0.05, 0.1) is 0 Å². The van der Waals surface area contributed by atoms with Gasteiger partial charge in [0.15, 0.2) is 5.82 Å². The van der Waals surface area contributed by atoms with E-state index in [1.54, 1.807) is 13.1 Å². The highest BCUT2D eigenvalue weighted by Gasteiger charge is 2.21. The monoisotopic (exact) mass is 332 g/mol. The van der Waals surface area contributed by atoms with Crippen LogP contribution in [0, 0.1) is 18.6 Å². The lowest BCUT2D eigenvalue weighted by atomic mass is 10.2. The fourth-order valence-corrected chi connectivity index (χ4v) is 4.14. The standard InChI is InChI=1S/C13H14F2N2O2S2/c1-8-3-5-10(14)13(12(8)15)17-21(18,19)11-6-4-9(20-11)7-16-2/h3-6,16-17H,7H2,1-2H3. The Kier molecular flexibility index (Phi) is 4.60. The molecule has 0 spiro atoms. The molecule has 0 atom stereocenters. The van der Waals surface area contributed by atoms with Crippen LogP contribution in [0.5, 0.6) is 0 Å². The molecule has 2 N–H and O–H groups in total. The Morgan fingerprint density at radius 1 is 1.19 bits per heavy atom. The Labute approximate surface area is 125 Å². The lowest BCUT2D eigenvalue weighted by molar-refractivity contribution is 0.579. The molecule has 0 fully saturated rings. The lowest BCUT2D eigenvalue weighted by Crippen LogP contribution is -2.14. The van der Waals surface area contributed by atoms with Crippen molar-refractivity contribution in [2.75, 3.05) is 11.8 Å². The molecule has 21 heavy (non-hydrogen) atoms. The molecule has 0 aliphatic carbocycles. The number of aryl methyl sites for hydroxylation is 1. The molecule has 2 aromatic rings. The topological polar surface area (TPSA) is 58.2 Å². The molecule has 0 aliphatic heterocycles. The minimum atomic E-state index is -4.01. The van der Waals surface area contributed by atoms with Crippen molar-refractivity contribution in [1.82, 2.24) is 5.32 Å². The minimum Gasteiger partial charge on any atom is -0.315 e. The number of sulfonamides is 1. The van der Waals surface area contributed by atoms with Gasteiger partial charge in [-0.2, -0.15) is 0 Å². The van der Waals surface area contributed by atoms with E-state index in [-0.39, 0.29) is 9.77 Å². The molecule has 0 aliphatic rings. The van der Waals surface area contributed by atoms with Gasteiger partial charge >= 0.3 is 0 Å². The molecular formula is C13H14F2N2O2S2. The maximum Gasteiger partial charge on any atom is 0.271 e. The minimum absolute atomic E-state index is 0.00746. The molecule has 1 aromatic heterocycles. The van der Waals surface area contributed by atoms with Crippen LogP contribution in [-0.4, -0.2) is 15.5 Å². The maximum absolute atomic E-state index is 13.9. The number of halogens is 2. The molecule has 0 radical (unpaired) electrons. The number of benzene rings is 1. The number of hydrogen-bond acceptors (Lipinski definition) is 4. The van der Waals surface area contributed by atoms with Gasteiger partial charge in [-0.3, -0.25) is 4.72 Å². The van der Waals surface area contributed by atoms with E-state index in [1.807, 2.05) is 4.72 Å². The molecule has 0 bridgehead atoms. The van der Waals surface area contributed by atoms with Crippen LogP contribution in [0.15, 0.2) is 28.5 Å². The third-order valence-corrected chi connectivity index (χ3v) is 5.70. The zero-order valence-corrected chi connectivity index (χ0v) is 13.0. The van der Waals surface area contributed by atoms with Gasteiger partial charge in [0, 0.05) is 11.4 Å². The first-order valence-corrected chi connectivity index (χ1v) is 8.36. The third kappa shape index (κ3) is 3.39. The van der Waals surface area contributed by atoms with E-state index in [1.165, 1.54) is 19.1 Å². The van der Waals surface area contributed by atoms with Crippen molar-refractivity contribution in [3.05, 3.63) is 46.3 Å². The van der Waals surface area contributed by atoms with Gasteiger partial charge in [-0.05, 0) is 37.7 Å². The first-order chi connectivity index (χ1) is 9.85. The average Bonchev–Trinajstić information content (AvgIpc) is 2.89. The number of thiophene rings is 1. The highest BCUT2D eigenvalue weighted by Crippen LogP contribution is 2.27. The van der Waals surface area contributed by atoms with Crippen molar-refractivity contribution in [2.45, 2.75) is 17.7 Å². The van der Waals surface area contributed by atoms with E-state index in [9.17, 15) is 17.2 Å². The highest BCUT2D eigenvalue weighted by atomic mass is 32.2. The predicted octanol–water partition coefficient (Wildman–Crippen LogP) is 2.85. The van der Waals surface area contributed by atoms with Crippen LogP contribution >= 0.6 is 11.3 Å². The number of anilines is 1. The fraction of sp³-hybridized carbons (Fsp3) is 0.231. The third-order valence-electron chi connectivity index (χ3n) is 2.77. The molecule has 0 saturated heterocycles. The summed E-state index contributed by atoms with van der Waals surface area (Å²) in [5, 5.41) is 2.90. The Hall–Kier alpha value is -1.51. The van der Waals surface area contributed by atoms with Crippen molar-refractivity contribution in [2.24, 2.45) is 0 Å². The number of nitrogens with one attached hydrogen (secondary N) is 2. The smallest absolute Gasteiger partial charge is 0.271 e. The van der Waals surface area contributed by atoms with E-state index in [2.05, 4.69) is 5.32 Å². The second kappa shape index (κ2) is 6.08. The second-order valence-electron chi connectivity index (χ2n) is 4.41. The van der Waals surface area contributed by atoms with Gasteiger partial charge in [-0.15, -0.1) is 11.3 Å². The number of hydrogen-bond donors (Lipinski definition) is 2. The molecule has 0 unspecified atom stereocenters. The Bertz CT molecular complexity index is 758. The molecule has 2 rings (SSSR count). The summed E-state index contributed by atoms with van der Waals surface area (Å²) in [5.74, 6) is -1.86. The van der Waals surface area contributed by atoms with Gasteiger partial charge in [0.1, 0.15) is 15.7 Å². The molecular weight excluding hydrogens is 318 g/mol. The second-order valence-corrected chi connectivity index (χ2v) is 7.49. The van der Waals surface area contributed by atoms with Crippen LogP contribution < -0.4 is 10.0 Å². The molecule has 4 nitrogen and oxygen atoms in total. The maximum atomic E-state index is 13.9.